The molecule has 6 rings (SSSR count). The lowest BCUT2D eigenvalue weighted by molar-refractivity contribution is -0.190. The Morgan fingerprint density at radius 3 is 2.44 bits per heavy atom. The highest BCUT2D eigenvalue weighted by Gasteiger charge is 2.42. The van der Waals surface area contributed by atoms with E-state index in [4.69, 9.17) is 24.7 Å². The molecule has 16 heteroatoms. The van der Waals surface area contributed by atoms with Crippen molar-refractivity contribution in [1.82, 2.24) is 10.2 Å². The number of aliphatic hydroxyl groups is 1. The maximum absolute atomic E-state index is 13.2. The van der Waals surface area contributed by atoms with E-state index in [0.29, 0.717) is 6.61 Å². The number of nitrogens with zero attached hydrogens (tertiary/aromatic N) is 1. The van der Waals surface area contributed by atoms with Crippen molar-refractivity contribution in [1.29, 1.82) is 0 Å². The highest BCUT2D eigenvalue weighted by atomic mass is 19.4. The standard InChI is InChI=1S/C23H21F3N2O6.C11H21NO4/c1-34-13-4-2-3-11-15(13)21(32)17-16(19(11)30)20(31)12-7-9(5-6-10(12)18(17)29)22(33)28-8-14(27)23(24,25)26;1-8-11(13)9(3-5-15-8)12-4-6-16-10(7-12)14-2/h2-4,9,14,29,31H,5-8,27H2,1H3,(H,28,33);8-11,13H,3-7H2,1-2H3. The Labute approximate surface area is 286 Å². The van der Waals surface area contributed by atoms with E-state index in [1.54, 1.807) is 7.11 Å². The molecule has 2 aliphatic heterocycles. The minimum atomic E-state index is -4.67. The average Bonchev–Trinajstić information content (AvgIpc) is 3.11. The van der Waals surface area contributed by atoms with Crippen LogP contribution in [0.1, 0.15) is 62.7 Å². The zero-order valence-corrected chi connectivity index (χ0v) is 27.9. The van der Waals surface area contributed by atoms with Crippen LogP contribution in [0.4, 0.5) is 13.2 Å². The number of ketones is 2. The number of nitrogens with two attached hydrogens (primary N) is 1. The van der Waals surface area contributed by atoms with Gasteiger partial charge in [-0.15, -0.1) is 0 Å². The van der Waals surface area contributed by atoms with Crippen molar-refractivity contribution in [2.24, 2.45) is 11.7 Å². The Kier molecular flexibility index (Phi) is 11.4. The number of amides is 1. The summed E-state index contributed by atoms with van der Waals surface area (Å²) in [5.41, 5.74) is 4.61. The zero-order chi connectivity index (χ0) is 36.5. The second-order valence-electron chi connectivity index (χ2n) is 12.7. The van der Waals surface area contributed by atoms with Gasteiger partial charge in [0.15, 0.2) is 12.1 Å². The lowest BCUT2D eigenvalue weighted by Gasteiger charge is -2.43. The second-order valence-corrected chi connectivity index (χ2v) is 12.7. The first kappa shape index (κ1) is 37.5. The summed E-state index contributed by atoms with van der Waals surface area (Å²) in [4.78, 5) is 41.1. The van der Waals surface area contributed by atoms with Crippen molar-refractivity contribution in [2.75, 3.05) is 47.1 Å². The number of hydrogen-bond acceptors (Lipinski definition) is 12. The summed E-state index contributed by atoms with van der Waals surface area (Å²) in [5, 5.41) is 34.1. The minimum absolute atomic E-state index is 0.00209. The van der Waals surface area contributed by atoms with E-state index >= 15 is 0 Å². The number of aliphatic hydroxyl groups excluding tert-OH is 1. The lowest BCUT2D eigenvalue weighted by atomic mass is 9.75. The van der Waals surface area contributed by atoms with Crippen LogP contribution in [0.2, 0.25) is 0 Å². The first-order valence-corrected chi connectivity index (χ1v) is 16.3. The molecular formula is C34H42F3N3O10. The van der Waals surface area contributed by atoms with Crippen molar-refractivity contribution in [3.05, 3.63) is 51.6 Å². The fraction of sp³-hybridized carbons (Fsp3) is 0.559. The first-order chi connectivity index (χ1) is 23.7. The van der Waals surface area contributed by atoms with Crippen LogP contribution in [0.25, 0.3) is 0 Å². The number of fused-ring (bicyclic) bond motifs is 3. The molecule has 50 heavy (non-hydrogen) atoms. The SMILES string of the molecule is COC1CN(C2CCOC(C)C2O)CCO1.COc1cccc2c1C(=O)c1c(O)c3c(c(O)c1C2=O)CC(C(=O)NCC(N)C(F)(F)F)CC3. The van der Waals surface area contributed by atoms with Crippen molar-refractivity contribution in [2.45, 2.75) is 69.4 Å². The van der Waals surface area contributed by atoms with Crippen LogP contribution in [-0.4, -0.2) is 122 Å². The largest absolute Gasteiger partial charge is 0.507 e. The van der Waals surface area contributed by atoms with Crippen molar-refractivity contribution in [3.63, 3.8) is 0 Å². The molecule has 0 bridgehead atoms. The van der Waals surface area contributed by atoms with E-state index in [2.05, 4.69) is 10.2 Å². The molecule has 2 fully saturated rings. The number of halogens is 3. The summed E-state index contributed by atoms with van der Waals surface area (Å²) in [6.45, 7) is 4.08. The molecule has 6 atom stereocenters. The number of alkyl halides is 3. The Bertz CT molecular complexity index is 1620. The fourth-order valence-electron chi connectivity index (χ4n) is 6.94. The number of carbonyl (C=O) groups excluding carboxylic acids is 3. The Morgan fingerprint density at radius 1 is 1.06 bits per heavy atom. The molecule has 6 N–H and O–H groups in total. The highest BCUT2D eigenvalue weighted by molar-refractivity contribution is 6.31. The monoisotopic (exact) mass is 709 g/mol. The summed E-state index contributed by atoms with van der Waals surface area (Å²) in [5.74, 6) is -3.74. The zero-order valence-electron chi connectivity index (χ0n) is 27.9. The molecule has 274 valence electrons. The van der Waals surface area contributed by atoms with Crippen molar-refractivity contribution >= 4 is 17.5 Å². The van der Waals surface area contributed by atoms with Gasteiger partial charge < -0.3 is 45.3 Å². The number of phenolic OH excluding ortho intramolecular Hbond substituents is 2. The summed E-state index contributed by atoms with van der Waals surface area (Å²) in [6, 6.07) is 2.35. The summed E-state index contributed by atoms with van der Waals surface area (Å²) in [6.07, 6.45) is -4.38. The van der Waals surface area contributed by atoms with Crippen LogP contribution in [0, 0.1) is 5.92 Å². The number of hydrogen-bond donors (Lipinski definition) is 5. The van der Waals surface area contributed by atoms with Crippen LogP contribution in [0.5, 0.6) is 17.2 Å². The molecule has 2 saturated heterocycles. The summed E-state index contributed by atoms with van der Waals surface area (Å²) in [7, 11) is 2.98. The Hall–Kier alpha value is -3.80. The van der Waals surface area contributed by atoms with Gasteiger partial charge in [-0.05, 0) is 38.7 Å². The van der Waals surface area contributed by atoms with Gasteiger partial charge in [0.1, 0.15) is 23.3 Å². The van der Waals surface area contributed by atoms with Gasteiger partial charge in [-0.1, -0.05) is 12.1 Å². The van der Waals surface area contributed by atoms with E-state index in [9.17, 15) is 42.9 Å². The first-order valence-electron chi connectivity index (χ1n) is 16.3. The van der Waals surface area contributed by atoms with Gasteiger partial charge in [0.05, 0.1) is 42.6 Å². The van der Waals surface area contributed by atoms with Gasteiger partial charge in [0, 0.05) is 62.0 Å². The molecule has 13 nitrogen and oxygen atoms in total. The van der Waals surface area contributed by atoms with Gasteiger partial charge in [0.25, 0.3) is 0 Å². The molecule has 2 aromatic carbocycles. The normalized spacial score (nSPS) is 25.7. The van der Waals surface area contributed by atoms with E-state index in [0.717, 1.165) is 26.1 Å². The number of benzene rings is 2. The van der Waals surface area contributed by atoms with Crippen LogP contribution in [0.15, 0.2) is 18.2 Å². The van der Waals surface area contributed by atoms with Gasteiger partial charge in [-0.3, -0.25) is 19.3 Å². The third-order valence-electron chi connectivity index (χ3n) is 9.78. The third kappa shape index (κ3) is 7.31. The van der Waals surface area contributed by atoms with E-state index < -0.39 is 59.8 Å². The molecular weight excluding hydrogens is 667 g/mol. The minimum Gasteiger partial charge on any atom is -0.507 e. The van der Waals surface area contributed by atoms with Gasteiger partial charge >= 0.3 is 6.18 Å². The molecule has 2 heterocycles. The van der Waals surface area contributed by atoms with Gasteiger partial charge in [-0.25, -0.2) is 0 Å². The number of morpholine rings is 1. The Balaban J connectivity index is 0.000000253. The predicted octanol–water partition coefficient (Wildman–Crippen LogP) is 1.82. The number of rotatable bonds is 6. The number of aromatic hydroxyl groups is 2. The molecule has 0 radical (unpaired) electrons. The molecule has 0 aromatic heterocycles. The smallest absolute Gasteiger partial charge is 0.405 e. The van der Waals surface area contributed by atoms with E-state index in [1.165, 1.54) is 25.3 Å². The molecule has 1 amide bonds. The predicted molar refractivity (Wildman–Crippen MR) is 170 cm³/mol. The van der Waals surface area contributed by atoms with Crippen LogP contribution >= 0.6 is 0 Å². The average molecular weight is 710 g/mol. The van der Waals surface area contributed by atoms with Gasteiger partial charge in [-0.2, -0.15) is 13.2 Å². The fourth-order valence-corrected chi connectivity index (χ4v) is 6.94. The topological polar surface area (TPSA) is 190 Å². The maximum atomic E-state index is 13.2. The third-order valence-corrected chi connectivity index (χ3v) is 9.78. The van der Waals surface area contributed by atoms with Crippen molar-refractivity contribution < 1.29 is 61.8 Å². The van der Waals surface area contributed by atoms with Crippen LogP contribution in [0.3, 0.4) is 0 Å². The van der Waals surface area contributed by atoms with E-state index in [1.807, 2.05) is 6.92 Å². The molecule has 2 aromatic rings. The molecule has 2 aliphatic carbocycles. The van der Waals surface area contributed by atoms with Crippen LogP contribution in [-0.2, 0) is 31.8 Å². The lowest BCUT2D eigenvalue weighted by Crippen LogP contribution is -2.57. The molecule has 6 unspecified atom stereocenters. The molecule has 0 spiro atoms. The summed E-state index contributed by atoms with van der Waals surface area (Å²) >= 11 is 0. The highest BCUT2D eigenvalue weighted by Crippen LogP contribution is 2.47. The van der Waals surface area contributed by atoms with E-state index in [-0.39, 0.29) is 76.8 Å². The molecule has 0 saturated carbocycles. The maximum Gasteiger partial charge on any atom is 0.405 e. The number of carbonyl (C=O) groups is 3. The summed E-state index contributed by atoms with van der Waals surface area (Å²) < 4.78 is 59.1. The number of phenols is 2. The second kappa shape index (κ2) is 15.2. The number of ether oxygens (including phenoxy) is 4. The quantitative estimate of drug-likeness (QED) is 0.234. The van der Waals surface area contributed by atoms with Crippen LogP contribution < -0.4 is 15.8 Å². The Morgan fingerprint density at radius 2 is 1.76 bits per heavy atom. The van der Waals surface area contributed by atoms with Crippen molar-refractivity contribution in [3.8, 4) is 17.2 Å². The number of nitrogens with one attached hydrogen (secondary N) is 1. The van der Waals surface area contributed by atoms with Gasteiger partial charge in [0.2, 0.25) is 11.7 Å². The number of methoxy groups -OCH3 is 2. The molecule has 4 aliphatic rings.